The molecule has 0 saturated carbocycles. The van der Waals surface area contributed by atoms with Crippen LogP contribution in [-0.4, -0.2) is 38.2 Å². The Hall–Kier alpha value is -2.52. The third-order valence-corrected chi connectivity index (χ3v) is 2.87. The summed E-state index contributed by atoms with van der Waals surface area (Å²) >= 11 is 0. The zero-order valence-electron chi connectivity index (χ0n) is 11.3. The highest BCUT2D eigenvalue weighted by Crippen LogP contribution is 2.25. The van der Waals surface area contributed by atoms with Gasteiger partial charge in [0.2, 0.25) is 0 Å². The molecule has 0 aliphatic carbocycles. The number of rotatable bonds is 5. The van der Waals surface area contributed by atoms with E-state index in [9.17, 15) is 22.4 Å². The summed E-state index contributed by atoms with van der Waals surface area (Å²) in [5.74, 6) is -7.21. The summed E-state index contributed by atoms with van der Waals surface area (Å²) < 4.78 is 51.3. The Balaban J connectivity index is 2.13. The molecule has 0 saturated heterocycles. The smallest absolute Gasteiger partial charge is 0.302 e. The summed E-state index contributed by atoms with van der Waals surface area (Å²) in [6, 6.07) is 3.43. The molecule has 0 radical (unpaired) electrons. The number of hydrogen-bond acceptors (Lipinski definition) is 4. The van der Waals surface area contributed by atoms with Crippen LogP contribution in [0.4, 0.5) is 23.4 Å². The average Bonchev–Trinajstić information content (AvgIpc) is 2.81. The van der Waals surface area contributed by atoms with Gasteiger partial charge in [0.15, 0.2) is 5.82 Å². The molecule has 2 aromatic heterocycles. The van der Waals surface area contributed by atoms with E-state index in [1.54, 1.807) is 29.8 Å². The number of anilines is 1. The molecule has 0 aromatic carbocycles. The zero-order valence-corrected chi connectivity index (χ0v) is 11.3. The first-order valence-electron chi connectivity index (χ1n) is 6.08. The molecule has 0 atom stereocenters. The van der Waals surface area contributed by atoms with Crippen molar-refractivity contribution in [1.29, 1.82) is 0 Å². The number of carbonyl (C=O) groups excluding carboxylic acids is 1. The van der Waals surface area contributed by atoms with Gasteiger partial charge in [-0.05, 0) is 24.6 Å². The highest BCUT2D eigenvalue weighted by Gasteiger charge is 2.49. The fourth-order valence-electron chi connectivity index (χ4n) is 1.58. The van der Waals surface area contributed by atoms with Gasteiger partial charge in [-0.1, -0.05) is 5.21 Å². The van der Waals surface area contributed by atoms with Gasteiger partial charge in [-0.25, -0.2) is 13.5 Å². The van der Waals surface area contributed by atoms with Gasteiger partial charge in [0.25, 0.3) is 0 Å². The Morgan fingerprint density at radius 1 is 1.36 bits per heavy atom. The first-order valence-corrected chi connectivity index (χ1v) is 6.08. The Bertz CT molecular complexity index is 659. The lowest BCUT2D eigenvalue weighted by atomic mass is 10.2. The van der Waals surface area contributed by atoms with E-state index in [1.165, 1.54) is 11.6 Å². The van der Waals surface area contributed by atoms with Crippen LogP contribution in [-0.2, 0) is 11.3 Å². The molecule has 2 heterocycles. The van der Waals surface area contributed by atoms with Gasteiger partial charge in [-0.15, -0.1) is 5.10 Å². The van der Waals surface area contributed by atoms with Crippen molar-refractivity contribution in [2.75, 3.05) is 5.32 Å². The highest BCUT2D eigenvalue weighted by molar-refractivity contribution is 5.95. The van der Waals surface area contributed by atoms with Gasteiger partial charge < -0.3 is 5.32 Å². The highest BCUT2D eigenvalue weighted by atomic mass is 19.3. The van der Waals surface area contributed by atoms with Crippen LogP contribution in [0, 0.1) is 6.92 Å². The molecule has 0 aliphatic heterocycles. The SMILES string of the molecule is Cc1c(NC(=O)C(F)(F)C(F)F)nnn1Cc1ccncc1. The van der Waals surface area contributed by atoms with Crippen LogP contribution in [0.25, 0.3) is 0 Å². The van der Waals surface area contributed by atoms with Crippen LogP contribution in [0.5, 0.6) is 0 Å². The summed E-state index contributed by atoms with van der Waals surface area (Å²) in [7, 11) is 0. The Labute approximate surface area is 122 Å². The van der Waals surface area contributed by atoms with Gasteiger partial charge in [-0.2, -0.15) is 8.78 Å². The number of nitrogens with one attached hydrogen (secondary N) is 1. The van der Waals surface area contributed by atoms with Crippen LogP contribution < -0.4 is 5.32 Å². The summed E-state index contributed by atoms with van der Waals surface area (Å²) in [6.07, 6.45) is -0.972. The summed E-state index contributed by atoms with van der Waals surface area (Å²) in [6.45, 7) is 1.74. The van der Waals surface area contributed by atoms with E-state index >= 15 is 0 Å². The number of nitrogens with zero attached hydrogens (tertiary/aromatic N) is 4. The van der Waals surface area contributed by atoms with E-state index in [2.05, 4.69) is 15.3 Å². The molecule has 2 rings (SSSR count). The van der Waals surface area contributed by atoms with Crippen molar-refractivity contribution < 1.29 is 22.4 Å². The lowest BCUT2D eigenvalue weighted by Gasteiger charge is -2.13. The number of aromatic nitrogens is 4. The molecule has 1 N–H and O–H groups in total. The van der Waals surface area contributed by atoms with Crippen molar-refractivity contribution in [1.82, 2.24) is 20.0 Å². The third-order valence-electron chi connectivity index (χ3n) is 2.87. The lowest BCUT2D eigenvalue weighted by Crippen LogP contribution is -2.41. The molecule has 10 heteroatoms. The number of halogens is 4. The van der Waals surface area contributed by atoms with Crippen molar-refractivity contribution in [3.05, 3.63) is 35.8 Å². The van der Waals surface area contributed by atoms with E-state index in [-0.39, 0.29) is 18.1 Å². The number of amides is 1. The number of pyridine rings is 1. The van der Waals surface area contributed by atoms with Crippen LogP contribution in [0.3, 0.4) is 0 Å². The molecule has 0 spiro atoms. The predicted octanol–water partition coefficient (Wildman–Crippen LogP) is 1.87. The second kappa shape index (κ2) is 6.08. The lowest BCUT2D eigenvalue weighted by molar-refractivity contribution is -0.163. The van der Waals surface area contributed by atoms with Crippen LogP contribution in [0.1, 0.15) is 11.3 Å². The minimum Gasteiger partial charge on any atom is -0.302 e. The Morgan fingerprint density at radius 3 is 2.59 bits per heavy atom. The molecule has 0 fully saturated rings. The van der Waals surface area contributed by atoms with Gasteiger partial charge in [-0.3, -0.25) is 9.78 Å². The van der Waals surface area contributed by atoms with Crippen molar-refractivity contribution in [3.8, 4) is 0 Å². The predicted molar refractivity (Wildman–Crippen MR) is 67.7 cm³/mol. The fraction of sp³-hybridized carbons (Fsp3) is 0.333. The minimum absolute atomic E-state index is 0.259. The zero-order chi connectivity index (χ0) is 16.3. The molecule has 1 amide bonds. The number of carbonyl (C=O) groups is 1. The molecular formula is C12H11F4N5O. The topological polar surface area (TPSA) is 72.7 Å². The van der Waals surface area contributed by atoms with Gasteiger partial charge in [0.05, 0.1) is 12.2 Å². The Morgan fingerprint density at radius 2 is 2.00 bits per heavy atom. The number of hydrogen-bond donors (Lipinski definition) is 1. The van der Waals surface area contributed by atoms with Crippen molar-refractivity contribution in [2.24, 2.45) is 0 Å². The maximum atomic E-state index is 12.9. The second-order valence-corrected chi connectivity index (χ2v) is 4.41. The van der Waals surface area contributed by atoms with Crippen LogP contribution in [0.15, 0.2) is 24.5 Å². The summed E-state index contributed by atoms with van der Waals surface area (Å²) in [4.78, 5) is 15.0. The molecule has 0 unspecified atom stereocenters. The fourth-order valence-corrected chi connectivity index (χ4v) is 1.58. The van der Waals surface area contributed by atoms with Crippen LogP contribution in [0.2, 0.25) is 0 Å². The van der Waals surface area contributed by atoms with E-state index < -0.39 is 18.3 Å². The van der Waals surface area contributed by atoms with Crippen molar-refractivity contribution in [2.45, 2.75) is 25.8 Å². The van der Waals surface area contributed by atoms with Crippen LogP contribution >= 0.6 is 0 Å². The molecule has 22 heavy (non-hydrogen) atoms. The van der Waals surface area contributed by atoms with E-state index in [0.717, 1.165) is 5.56 Å². The maximum Gasteiger partial charge on any atom is 0.383 e. The minimum atomic E-state index is -4.79. The normalized spacial score (nSPS) is 11.7. The maximum absolute atomic E-state index is 12.9. The largest absolute Gasteiger partial charge is 0.383 e. The van der Waals surface area contributed by atoms with Gasteiger partial charge in [0, 0.05) is 12.4 Å². The molecule has 0 aliphatic rings. The van der Waals surface area contributed by atoms with E-state index in [0.29, 0.717) is 0 Å². The summed E-state index contributed by atoms with van der Waals surface area (Å²) in [5.41, 5.74) is 1.08. The first-order chi connectivity index (χ1) is 10.3. The molecule has 0 bridgehead atoms. The Kier molecular flexibility index (Phi) is 4.38. The van der Waals surface area contributed by atoms with E-state index in [4.69, 9.17) is 0 Å². The monoisotopic (exact) mass is 317 g/mol. The second-order valence-electron chi connectivity index (χ2n) is 4.41. The first kappa shape index (κ1) is 15.9. The van der Waals surface area contributed by atoms with Crippen molar-refractivity contribution in [3.63, 3.8) is 0 Å². The van der Waals surface area contributed by atoms with Gasteiger partial charge in [0.1, 0.15) is 0 Å². The standard InChI is InChI=1S/C12H11F4N5O/c1-7-9(18-11(22)12(15,16)10(13)14)19-20-21(7)6-8-2-4-17-5-3-8/h2-5,10H,6H2,1H3,(H,18,22). The summed E-state index contributed by atoms with van der Waals surface area (Å²) in [5, 5.41) is 8.86. The molecular weight excluding hydrogens is 306 g/mol. The quantitative estimate of drug-likeness (QED) is 0.855. The van der Waals surface area contributed by atoms with Crippen molar-refractivity contribution >= 4 is 11.7 Å². The van der Waals surface area contributed by atoms with Gasteiger partial charge >= 0.3 is 18.3 Å². The third kappa shape index (κ3) is 3.21. The molecule has 118 valence electrons. The average molecular weight is 317 g/mol. The number of alkyl halides is 4. The molecule has 2 aromatic rings. The molecule has 6 nitrogen and oxygen atoms in total. The van der Waals surface area contributed by atoms with E-state index in [1.807, 2.05) is 0 Å².